The van der Waals surface area contributed by atoms with Crippen LogP contribution in [0.2, 0.25) is 0 Å². The number of rotatable bonds is 26. The predicted molar refractivity (Wildman–Crippen MR) is 177 cm³/mol. The second-order valence-electron chi connectivity index (χ2n) is 11.7. The second kappa shape index (κ2) is 24.5. The van der Waals surface area contributed by atoms with E-state index in [9.17, 15) is 0 Å². The summed E-state index contributed by atoms with van der Waals surface area (Å²) in [7, 11) is 6.48. The summed E-state index contributed by atoms with van der Waals surface area (Å²) in [5, 5.41) is 0. The van der Waals surface area contributed by atoms with Gasteiger partial charge in [-0.2, -0.15) is 10.0 Å². The zero-order valence-electron chi connectivity index (χ0n) is 25.9. The second-order valence-corrected chi connectivity index (χ2v) is 13.8. The van der Waals surface area contributed by atoms with Crippen molar-refractivity contribution in [3.05, 3.63) is 59.7 Å². The highest BCUT2D eigenvalue weighted by atomic mass is 35.6. The first-order valence-electron chi connectivity index (χ1n) is 16.9. The number of halogens is 1. The molecule has 0 aliphatic heterocycles. The largest absolute Gasteiger partial charge is 0.999 e. The molecule has 4 heteroatoms. The molecule has 0 unspecified atom stereocenters. The Kier molecular flexibility index (Phi) is 21.4. The van der Waals surface area contributed by atoms with E-state index < -0.39 is 13.9 Å². The molecule has 2 rings (SSSR count). The van der Waals surface area contributed by atoms with Gasteiger partial charge in [-0.25, -0.2) is 0 Å². The van der Waals surface area contributed by atoms with Gasteiger partial charge in [-0.1, -0.05) is 154 Å². The van der Waals surface area contributed by atoms with Gasteiger partial charge in [-0.15, -0.1) is 0 Å². The summed E-state index contributed by atoms with van der Waals surface area (Å²) in [5.74, 6) is 1.60. The Balaban J connectivity index is 1.52. The van der Waals surface area contributed by atoms with Crippen molar-refractivity contribution in [3.63, 3.8) is 0 Å². The molecular weight excluding hydrogens is 527 g/mol. The quantitative estimate of drug-likeness (QED) is 0.0808. The number of hydrogen-bond donors (Lipinski definition) is 0. The van der Waals surface area contributed by atoms with Crippen LogP contribution in [0.4, 0.5) is 0 Å². The van der Waals surface area contributed by atoms with Crippen LogP contribution in [-0.4, -0.2) is 13.9 Å². The van der Waals surface area contributed by atoms with E-state index in [2.05, 4.69) is 38.1 Å². The Morgan fingerprint density at radius 3 is 1.00 bits per heavy atom. The minimum Gasteiger partial charge on any atom is -0.599 e. The summed E-state index contributed by atoms with van der Waals surface area (Å²) in [6.07, 6.45) is 29.8. The van der Waals surface area contributed by atoms with Crippen LogP contribution in [0.25, 0.3) is 0 Å². The van der Waals surface area contributed by atoms with Crippen LogP contribution in [-0.2, 0) is 12.8 Å². The molecule has 0 spiro atoms. The van der Waals surface area contributed by atoms with E-state index >= 15 is 0 Å². The molecule has 0 atom stereocenters. The summed E-state index contributed by atoms with van der Waals surface area (Å²) in [6.45, 7) is 4.57. The third-order valence-electron chi connectivity index (χ3n) is 7.94. The van der Waals surface area contributed by atoms with E-state index in [0.29, 0.717) is 0 Å². The van der Waals surface area contributed by atoms with E-state index in [1.807, 2.05) is 24.3 Å². The third-order valence-corrected chi connectivity index (χ3v) is 9.39. The Hall–Kier alpha value is -1.14. The molecule has 0 bridgehead atoms. The summed E-state index contributed by atoms with van der Waals surface area (Å²) in [6, 6.07) is 16.8. The first kappa shape index (κ1) is 35.1. The third kappa shape index (κ3) is 18.3. The number of unbranched alkanes of at least 4 members (excludes halogenated alkanes) is 18. The fraction of sp³-hybridized carbons (Fsp3) is 0.667. The van der Waals surface area contributed by atoms with Crippen LogP contribution in [0.15, 0.2) is 48.5 Å². The molecule has 0 fully saturated rings. The van der Waals surface area contributed by atoms with Gasteiger partial charge in [0.05, 0.1) is 11.5 Å². The van der Waals surface area contributed by atoms with Crippen molar-refractivity contribution in [2.45, 2.75) is 155 Å². The van der Waals surface area contributed by atoms with Crippen molar-refractivity contribution in [1.29, 1.82) is 0 Å². The fourth-order valence-corrected chi connectivity index (χ4v) is 6.75. The van der Waals surface area contributed by atoms with Crippen molar-refractivity contribution in [3.8, 4) is 11.5 Å². The topological polar surface area (TPSA) is 18.5 Å². The summed E-state index contributed by atoms with van der Waals surface area (Å²) in [4.78, 5) is 0. The Morgan fingerprint density at radius 2 is 0.700 bits per heavy atom. The maximum absolute atomic E-state index is 6.48. The molecule has 0 amide bonds. The smallest absolute Gasteiger partial charge is 0.599 e. The first-order chi connectivity index (χ1) is 19.7. The molecule has 0 heterocycles. The van der Waals surface area contributed by atoms with Crippen molar-refractivity contribution < 1.29 is 7.58 Å². The average Bonchev–Trinajstić information content (AvgIpc) is 2.96. The maximum Gasteiger partial charge on any atom is 0.999 e. The van der Waals surface area contributed by atoms with Gasteiger partial charge in [-0.3, -0.25) is 0 Å². The highest BCUT2D eigenvalue weighted by molar-refractivity contribution is 7.00. The highest BCUT2D eigenvalue weighted by Crippen LogP contribution is 2.20. The molecule has 0 aromatic heterocycles. The molecule has 0 aliphatic carbocycles. The van der Waals surface area contributed by atoms with Crippen molar-refractivity contribution in [2.75, 3.05) is 0 Å². The van der Waals surface area contributed by atoms with Crippen LogP contribution in [0.1, 0.15) is 153 Å². The van der Waals surface area contributed by atoms with Crippen LogP contribution in [0.5, 0.6) is 11.5 Å². The van der Waals surface area contributed by atoms with Gasteiger partial charge >= 0.3 is 13.9 Å². The van der Waals surface area contributed by atoms with E-state index in [1.54, 1.807) is 0 Å². The number of hydrogen-bond acceptors (Lipinski definition) is 2. The average molecular weight is 585 g/mol. The molecule has 0 N–H and O–H groups in total. The first-order valence-corrected chi connectivity index (χ1v) is 19.6. The fourth-order valence-electron chi connectivity index (χ4n) is 5.34. The molecule has 40 heavy (non-hydrogen) atoms. The lowest BCUT2D eigenvalue weighted by atomic mass is 10.0. The molecule has 0 aliphatic rings. The van der Waals surface area contributed by atoms with E-state index in [1.165, 1.54) is 140 Å². The van der Waals surface area contributed by atoms with Crippen LogP contribution < -0.4 is 7.58 Å². The van der Waals surface area contributed by atoms with Crippen LogP contribution in [0, 0.1) is 0 Å². The molecule has 0 radical (unpaired) electrons. The standard InChI is InChI=1S/2C18H30O.Al.ClH/c2*1-2-3-4-5-6-7-8-9-10-11-12-17-13-15-18(19)16-14-17;;/h2*13-16,19H,2-12H2,1H3;;1H/q;;+3;/p-3. The van der Waals surface area contributed by atoms with Crippen molar-refractivity contribution in [1.82, 2.24) is 0 Å². The molecule has 0 saturated heterocycles. The lowest BCUT2D eigenvalue weighted by molar-refractivity contribution is 0.447. The lowest BCUT2D eigenvalue weighted by Crippen LogP contribution is -2.23. The SMILES string of the molecule is CCCCCCCCCCCCc1ccc([O][Al]([Cl])[O]c2ccc(CCCCCCCCCCCC)cc2)cc1. The minimum absolute atomic E-state index is 0.802. The molecule has 2 aromatic carbocycles. The zero-order chi connectivity index (χ0) is 28.5. The van der Waals surface area contributed by atoms with Crippen LogP contribution in [0.3, 0.4) is 0 Å². The Bertz CT molecular complexity index is 754. The van der Waals surface area contributed by atoms with E-state index in [-0.39, 0.29) is 0 Å². The maximum atomic E-state index is 6.48. The number of benzene rings is 2. The van der Waals surface area contributed by atoms with Gasteiger partial charge in [0.1, 0.15) is 0 Å². The highest BCUT2D eigenvalue weighted by Gasteiger charge is 2.31. The van der Waals surface area contributed by atoms with Gasteiger partial charge in [0.15, 0.2) is 0 Å². The van der Waals surface area contributed by atoms with E-state index in [0.717, 1.165) is 24.3 Å². The van der Waals surface area contributed by atoms with Crippen molar-refractivity contribution >= 4 is 23.9 Å². The van der Waals surface area contributed by atoms with Gasteiger partial charge in [0.25, 0.3) is 0 Å². The van der Waals surface area contributed by atoms with Crippen LogP contribution >= 0.6 is 10.0 Å². The lowest BCUT2D eigenvalue weighted by Gasteiger charge is -2.13. The van der Waals surface area contributed by atoms with Gasteiger partial charge in [-0.05, 0) is 61.1 Å². The molecule has 2 aromatic rings. The molecule has 224 valence electrons. The predicted octanol–water partition coefficient (Wildman–Crippen LogP) is 12.3. The normalized spacial score (nSPS) is 11.1. The molecule has 2 nitrogen and oxygen atoms in total. The van der Waals surface area contributed by atoms with Gasteiger partial charge < -0.3 is 7.58 Å². The zero-order valence-corrected chi connectivity index (χ0v) is 27.9. The minimum atomic E-state index is -2.31. The summed E-state index contributed by atoms with van der Waals surface area (Å²) in [5.41, 5.74) is 2.75. The Labute approximate surface area is 256 Å². The van der Waals surface area contributed by atoms with E-state index in [4.69, 9.17) is 17.6 Å². The van der Waals surface area contributed by atoms with Gasteiger partial charge in [0.2, 0.25) is 0 Å². The van der Waals surface area contributed by atoms with Gasteiger partial charge in [0, 0.05) is 0 Å². The Morgan fingerprint density at radius 1 is 0.425 bits per heavy atom. The summed E-state index contributed by atoms with van der Waals surface area (Å²) >= 11 is -2.31. The number of aryl methyl sites for hydroxylation is 2. The van der Waals surface area contributed by atoms with Crippen molar-refractivity contribution in [2.24, 2.45) is 0 Å². The summed E-state index contributed by atoms with van der Waals surface area (Å²) < 4.78 is 11.9. The molecular formula is C36H58AlClO2. The molecule has 0 saturated carbocycles. The monoisotopic (exact) mass is 584 g/mol.